The lowest BCUT2D eigenvalue weighted by molar-refractivity contribution is 0.380. The number of nitrogens with zero attached hydrogens (tertiary/aromatic N) is 4. The summed E-state index contributed by atoms with van der Waals surface area (Å²) in [7, 11) is 0. The number of aromatic nitrogens is 3. The van der Waals surface area contributed by atoms with Crippen LogP contribution in [0.25, 0.3) is 0 Å². The molecule has 0 atom stereocenters. The Morgan fingerprint density at radius 2 is 1.97 bits per heavy atom. The number of rotatable bonds is 9. The van der Waals surface area contributed by atoms with Crippen LogP contribution in [-0.4, -0.2) is 27.2 Å². The van der Waals surface area contributed by atoms with Crippen molar-refractivity contribution in [3.63, 3.8) is 0 Å². The predicted molar refractivity (Wildman–Crippen MR) is 119 cm³/mol. The molecule has 30 heavy (non-hydrogen) atoms. The molecule has 0 saturated heterocycles. The van der Waals surface area contributed by atoms with Gasteiger partial charge in [-0.2, -0.15) is 0 Å². The Morgan fingerprint density at radius 3 is 2.67 bits per heavy atom. The van der Waals surface area contributed by atoms with Gasteiger partial charge in [0.05, 0.1) is 12.2 Å². The van der Waals surface area contributed by atoms with E-state index in [4.69, 9.17) is 9.52 Å². The van der Waals surface area contributed by atoms with Crippen LogP contribution in [-0.2, 0) is 32.5 Å². The minimum atomic E-state index is 0.608. The molecule has 0 spiro atoms. The molecule has 0 amide bonds. The molecule has 0 radical (unpaired) electrons. The third-order valence-electron chi connectivity index (χ3n) is 5.07. The molecule has 2 heterocycles. The zero-order valence-corrected chi connectivity index (χ0v) is 18.4. The van der Waals surface area contributed by atoms with Crippen molar-refractivity contribution >= 4 is 5.96 Å². The van der Waals surface area contributed by atoms with Crippen molar-refractivity contribution in [2.45, 2.75) is 60.2 Å². The van der Waals surface area contributed by atoms with Crippen LogP contribution in [0.3, 0.4) is 0 Å². The maximum Gasteiger partial charge on any atom is 0.191 e. The number of imidazole rings is 1. The fourth-order valence-corrected chi connectivity index (χ4v) is 3.42. The molecular formula is C23H32N6O. The Labute approximate surface area is 178 Å². The predicted octanol–water partition coefficient (Wildman–Crippen LogP) is 3.61. The van der Waals surface area contributed by atoms with Crippen molar-refractivity contribution in [1.82, 2.24) is 25.3 Å². The second-order valence-electron chi connectivity index (χ2n) is 7.21. The fraction of sp³-hybridized carbons (Fsp3) is 0.435. The van der Waals surface area contributed by atoms with Gasteiger partial charge in [0.1, 0.15) is 11.6 Å². The van der Waals surface area contributed by atoms with Crippen molar-refractivity contribution in [2.75, 3.05) is 6.54 Å². The van der Waals surface area contributed by atoms with Gasteiger partial charge < -0.3 is 19.7 Å². The van der Waals surface area contributed by atoms with Crippen LogP contribution in [0.5, 0.6) is 0 Å². The first-order chi connectivity index (χ1) is 14.6. The minimum absolute atomic E-state index is 0.608. The van der Waals surface area contributed by atoms with Gasteiger partial charge in [-0.1, -0.05) is 43.3 Å². The van der Waals surface area contributed by atoms with Crippen molar-refractivity contribution in [3.8, 4) is 0 Å². The van der Waals surface area contributed by atoms with Gasteiger partial charge in [-0.3, -0.25) is 0 Å². The first-order valence-corrected chi connectivity index (χ1v) is 10.7. The van der Waals surface area contributed by atoms with Gasteiger partial charge in [-0.25, -0.2) is 9.98 Å². The highest BCUT2D eigenvalue weighted by atomic mass is 16.5. The van der Waals surface area contributed by atoms with E-state index in [-0.39, 0.29) is 0 Å². The lowest BCUT2D eigenvalue weighted by Crippen LogP contribution is -2.37. The highest BCUT2D eigenvalue weighted by Gasteiger charge is 2.13. The molecule has 0 saturated carbocycles. The lowest BCUT2D eigenvalue weighted by atomic mass is 10.1. The molecule has 0 aliphatic heterocycles. The Bertz CT molecular complexity index is 950. The summed E-state index contributed by atoms with van der Waals surface area (Å²) in [6, 6.07) is 8.55. The lowest BCUT2D eigenvalue weighted by Gasteiger charge is -2.12. The Morgan fingerprint density at radius 1 is 1.13 bits per heavy atom. The van der Waals surface area contributed by atoms with E-state index in [1.54, 1.807) is 0 Å². The smallest absolute Gasteiger partial charge is 0.191 e. The number of benzene rings is 1. The molecule has 160 valence electrons. The zero-order chi connectivity index (χ0) is 21.3. The quantitative estimate of drug-likeness (QED) is 0.418. The highest BCUT2D eigenvalue weighted by molar-refractivity contribution is 5.79. The molecular weight excluding hydrogens is 376 g/mol. The standard InChI is InChI=1S/C23H32N6O/c1-5-21-20(22(6-2)30-28-21)15-27-23(24-7-3)26-14-18-9-8-10-19(13-18)16-29-12-11-25-17(29)4/h8-13H,5-7,14-16H2,1-4H3,(H2,24,26,27). The van der Waals surface area contributed by atoms with Gasteiger partial charge in [0.15, 0.2) is 5.96 Å². The monoisotopic (exact) mass is 408 g/mol. The molecule has 0 aliphatic carbocycles. The maximum absolute atomic E-state index is 5.47. The second kappa shape index (κ2) is 10.6. The molecule has 0 fully saturated rings. The van der Waals surface area contributed by atoms with Gasteiger partial charge in [-0.15, -0.1) is 0 Å². The number of hydrogen-bond acceptors (Lipinski definition) is 4. The molecule has 0 unspecified atom stereocenters. The van der Waals surface area contributed by atoms with E-state index in [9.17, 15) is 0 Å². The highest BCUT2D eigenvalue weighted by Crippen LogP contribution is 2.15. The molecule has 7 heteroatoms. The number of hydrogen-bond donors (Lipinski definition) is 2. The summed E-state index contributed by atoms with van der Waals surface area (Å²) in [6.07, 6.45) is 5.53. The van der Waals surface area contributed by atoms with E-state index in [1.165, 1.54) is 11.1 Å². The summed E-state index contributed by atoms with van der Waals surface area (Å²) in [4.78, 5) is 9.07. The third-order valence-corrected chi connectivity index (χ3v) is 5.07. The molecule has 7 nitrogen and oxygen atoms in total. The first kappa shape index (κ1) is 21.6. The van der Waals surface area contributed by atoms with E-state index in [2.05, 4.69) is 70.4 Å². The van der Waals surface area contributed by atoms with E-state index in [0.29, 0.717) is 13.1 Å². The number of aryl methyl sites for hydroxylation is 3. The number of aliphatic imine (C=N–C) groups is 1. The fourth-order valence-electron chi connectivity index (χ4n) is 3.42. The first-order valence-electron chi connectivity index (χ1n) is 10.7. The zero-order valence-electron chi connectivity index (χ0n) is 18.4. The maximum atomic E-state index is 5.47. The van der Waals surface area contributed by atoms with Crippen LogP contribution in [0.1, 0.15) is 54.7 Å². The average Bonchev–Trinajstić information content (AvgIpc) is 3.35. The van der Waals surface area contributed by atoms with Crippen molar-refractivity contribution < 1.29 is 4.52 Å². The van der Waals surface area contributed by atoms with Gasteiger partial charge in [0, 0.05) is 44.0 Å². The van der Waals surface area contributed by atoms with Crippen LogP contribution < -0.4 is 10.6 Å². The number of nitrogens with one attached hydrogen (secondary N) is 2. The molecule has 3 aromatic rings. The number of guanidine groups is 1. The minimum Gasteiger partial charge on any atom is -0.361 e. The van der Waals surface area contributed by atoms with Crippen LogP contribution in [0.15, 0.2) is 46.2 Å². The second-order valence-corrected chi connectivity index (χ2v) is 7.21. The van der Waals surface area contributed by atoms with Gasteiger partial charge in [-0.05, 0) is 31.4 Å². The Balaban J connectivity index is 1.67. The summed E-state index contributed by atoms with van der Waals surface area (Å²) in [5.74, 6) is 2.75. The Kier molecular flexibility index (Phi) is 7.65. The third kappa shape index (κ3) is 5.49. The van der Waals surface area contributed by atoms with E-state index in [1.807, 2.05) is 19.3 Å². The van der Waals surface area contributed by atoms with E-state index >= 15 is 0 Å². The normalized spacial score (nSPS) is 11.7. The summed E-state index contributed by atoms with van der Waals surface area (Å²) in [6.45, 7) is 11.1. The van der Waals surface area contributed by atoms with Crippen molar-refractivity contribution in [1.29, 1.82) is 0 Å². The van der Waals surface area contributed by atoms with Crippen LogP contribution >= 0.6 is 0 Å². The molecule has 2 N–H and O–H groups in total. The van der Waals surface area contributed by atoms with Gasteiger partial charge in [0.2, 0.25) is 0 Å². The van der Waals surface area contributed by atoms with Crippen molar-refractivity contribution in [2.24, 2.45) is 4.99 Å². The summed E-state index contributed by atoms with van der Waals surface area (Å²) >= 11 is 0. The van der Waals surface area contributed by atoms with Crippen molar-refractivity contribution in [3.05, 3.63) is 70.6 Å². The Hall–Kier alpha value is -3.09. The molecule has 2 aromatic heterocycles. The van der Waals surface area contributed by atoms with E-state index in [0.717, 1.165) is 54.7 Å². The average molecular weight is 409 g/mol. The SMILES string of the molecule is CCNC(=NCc1cccc(Cn2ccnc2C)c1)NCc1c(CC)noc1CC. The molecule has 1 aromatic carbocycles. The largest absolute Gasteiger partial charge is 0.361 e. The van der Waals surface area contributed by atoms with Gasteiger partial charge >= 0.3 is 0 Å². The van der Waals surface area contributed by atoms with E-state index < -0.39 is 0 Å². The summed E-state index contributed by atoms with van der Waals surface area (Å²) in [5.41, 5.74) is 4.57. The van der Waals surface area contributed by atoms with Crippen LogP contribution in [0, 0.1) is 6.92 Å². The molecule has 3 rings (SSSR count). The molecule has 0 aliphatic rings. The topological polar surface area (TPSA) is 80.3 Å². The summed E-state index contributed by atoms with van der Waals surface area (Å²) in [5, 5.41) is 10.9. The molecule has 0 bridgehead atoms. The van der Waals surface area contributed by atoms with Crippen LogP contribution in [0.2, 0.25) is 0 Å². The van der Waals surface area contributed by atoms with Crippen LogP contribution in [0.4, 0.5) is 0 Å². The summed E-state index contributed by atoms with van der Waals surface area (Å²) < 4.78 is 7.61. The van der Waals surface area contributed by atoms with Gasteiger partial charge in [0.25, 0.3) is 0 Å².